The van der Waals surface area contributed by atoms with Gasteiger partial charge in [-0.25, -0.2) is 0 Å². The highest BCUT2D eigenvalue weighted by Crippen LogP contribution is 2.31. The Labute approximate surface area is 123 Å². The van der Waals surface area contributed by atoms with Gasteiger partial charge in [0.2, 0.25) is 0 Å². The molecular formula is C15H20BrN3. The van der Waals surface area contributed by atoms with E-state index in [1.165, 1.54) is 5.69 Å². The highest BCUT2D eigenvalue weighted by Gasteiger charge is 2.37. The number of anilines is 1. The van der Waals surface area contributed by atoms with Crippen molar-refractivity contribution in [3.8, 4) is 6.07 Å². The van der Waals surface area contributed by atoms with Crippen LogP contribution in [0.25, 0.3) is 0 Å². The molecule has 0 radical (unpaired) electrons. The molecule has 0 bridgehead atoms. The molecule has 1 aliphatic heterocycles. The largest absolute Gasteiger partial charge is 0.363 e. The van der Waals surface area contributed by atoms with Crippen LogP contribution in [0, 0.1) is 11.3 Å². The summed E-state index contributed by atoms with van der Waals surface area (Å²) in [5.74, 6) is 0. The highest BCUT2D eigenvalue weighted by atomic mass is 79.9. The lowest BCUT2D eigenvalue weighted by Gasteiger charge is -2.51. The first kappa shape index (κ1) is 14.4. The fraction of sp³-hybridized carbons (Fsp3) is 0.533. The monoisotopic (exact) mass is 321 g/mol. The van der Waals surface area contributed by atoms with Crippen molar-refractivity contribution in [2.24, 2.45) is 0 Å². The lowest BCUT2D eigenvalue weighted by atomic mass is 9.94. The van der Waals surface area contributed by atoms with Gasteiger partial charge in [-0.1, -0.05) is 22.0 Å². The molecule has 1 aliphatic rings. The molecule has 1 heterocycles. The number of nitrogens with zero attached hydrogens (tertiary/aromatic N) is 3. The zero-order chi connectivity index (χ0) is 14.0. The van der Waals surface area contributed by atoms with Gasteiger partial charge in [-0.05, 0) is 39.1 Å². The zero-order valence-corrected chi connectivity index (χ0v) is 13.3. The third kappa shape index (κ3) is 3.10. The van der Waals surface area contributed by atoms with Crippen LogP contribution in [0.1, 0.15) is 20.3 Å². The van der Waals surface area contributed by atoms with E-state index in [9.17, 15) is 0 Å². The van der Waals surface area contributed by atoms with Crippen LogP contribution in [-0.4, -0.2) is 36.6 Å². The van der Waals surface area contributed by atoms with Crippen LogP contribution in [0.5, 0.6) is 0 Å². The van der Waals surface area contributed by atoms with E-state index in [1.807, 2.05) is 6.07 Å². The Hall–Kier alpha value is -1.05. The van der Waals surface area contributed by atoms with Crippen molar-refractivity contribution in [1.29, 1.82) is 5.26 Å². The normalized spacial score (nSPS) is 23.1. The fourth-order valence-electron chi connectivity index (χ4n) is 2.85. The van der Waals surface area contributed by atoms with Crippen LogP contribution in [0.15, 0.2) is 28.7 Å². The number of hydrogen-bond donors (Lipinski definition) is 0. The first-order chi connectivity index (χ1) is 8.94. The molecule has 4 heteroatoms. The van der Waals surface area contributed by atoms with E-state index in [2.05, 4.69) is 70.9 Å². The van der Waals surface area contributed by atoms with Crippen LogP contribution in [0.3, 0.4) is 0 Å². The zero-order valence-electron chi connectivity index (χ0n) is 11.7. The molecule has 0 spiro atoms. The van der Waals surface area contributed by atoms with Crippen molar-refractivity contribution < 1.29 is 0 Å². The predicted molar refractivity (Wildman–Crippen MR) is 82.2 cm³/mol. The molecule has 0 aliphatic carbocycles. The average Bonchev–Trinajstić information content (AvgIpc) is 2.32. The lowest BCUT2D eigenvalue weighted by Crippen LogP contribution is -2.62. The summed E-state index contributed by atoms with van der Waals surface area (Å²) in [4.78, 5) is 4.72. The Bertz CT molecular complexity index is 492. The lowest BCUT2D eigenvalue weighted by molar-refractivity contribution is 0.153. The molecule has 1 unspecified atom stereocenters. The summed E-state index contributed by atoms with van der Waals surface area (Å²) in [5, 5.41) is 8.96. The van der Waals surface area contributed by atoms with Crippen LogP contribution in [0.2, 0.25) is 0 Å². The number of halogens is 1. The van der Waals surface area contributed by atoms with Crippen molar-refractivity contribution in [2.45, 2.75) is 31.8 Å². The van der Waals surface area contributed by atoms with E-state index in [4.69, 9.17) is 5.26 Å². The van der Waals surface area contributed by atoms with Gasteiger partial charge < -0.3 is 4.90 Å². The standard InChI is InChI=1S/C15H20BrN3/c1-15(2)11-18(3)14(7-8-17)10-19(15)13-6-4-5-12(16)9-13/h4-6,9,14H,7,10-11H2,1-3H3. The van der Waals surface area contributed by atoms with Crippen molar-refractivity contribution in [1.82, 2.24) is 4.90 Å². The second kappa shape index (κ2) is 5.52. The second-order valence-corrected chi connectivity index (χ2v) is 6.75. The number of likely N-dealkylation sites (N-methyl/N-ethyl adjacent to an activating group) is 1. The molecule has 1 aromatic carbocycles. The molecule has 0 saturated carbocycles. The molecular weight excluding hydrogens is 302 g/mol. The Kier molecular flexibility index (Phi) is 4.17. The maximum absolute atomic E-state index is 8.96. The van der Waals surface area contributed by atoms with E-state index >= 15 is 0 Å². The van der Waals surface area contributed by atoms with Gasteiger partial charge in [0.25, 0.3) is 0 Å². The average molecular weight is 322 g/mol. The summed E-state index contributed by atoms with van der Waals surface area (Å²) in [6.45, 7) is 6.37. The maximum Gasteiger partial charge on any atom is 0.0638 e. The number of rotatable bonds is 2. The number of hydrogen-bond acceptors (Lipinski definition) is 3. The molecule has 0 amide bonds. The summed E-state index contributed by atoms with van der Waals surface area (Å²) in [7, 11) is 2.11. The Morgan fingerprint density at radius 1 is 1.47 bits per heavy atom. The summed E-state index contributed by atoms with van der Waals surface area (Å²) >= 11 is 3.53. The van der Waals surface area contributed by atoms with E-state index < -0.39 is 0 Å². The van der Waals surface area contributed by atoms with Gasteiger partial charge in [0.05, 0.1) is 12.5 Å². The predicted octanol–water partition coefficient (Wildman–Crippen LogP) is 3.26. The third-order valence-corrected chi connectivity index (χ3v) is 4.32. The molecule has 19 heavy (non-hydrogen) atoms. The molecule has 2 rings (SSSR count). The molecule has 3 nitrogen and oxygen atoms in total. The van der Waals surface area contributed by atoms with Crippen LogP contribution in [0.4, 0.5) is 5.69 Å². The van der Waals surface area contributed by atoms with Crippen molar-refractivity contribution in [3.05, 3.63) is 28.7 Å². The van der Waals surface area contributed by atoms with Gasteiger partial charge in [0, 0.05) is 34.8 Å². The van der Waals surface area contributed by atoms with Crippen LogP contribution < -0.4 is 4.90 Å². The maximum atomic E-state index is 8.96. The van der Waals surface area contributed by atoms with E-state index in [0.29, 0.717) is 12.5 Å². The molecule has 0 N–H and O–H groups in total. The Balaban J connectivity index is 2.29. The van der Waals surface area contributed by atoms with Gasteiger partial charge in [-0.2, -0.15) is 5.26 Å². The van der Waals surface area contributed by atoms with Crippen molar-refractivity contribution in [3.63, 3.8) is 0 Å². The summed E-state index contributed by atoms with van der Waals surface area (Å²) in [5.41, 5.74) is 1.29. The highest BCUT2D eigenvalue weighted by molar-refractivity contribution is 9.10. The molecule has 102 valence electrons. The molecule has 1 aromatic rings. The Morgan fingerprint density at radius 3 is 2.84 bits per heavy atom. The summed E-state index contributed by atoms with van der Waals surface area (Å²) in [6.07, 6.45) is 0.580. The minimum absolute atomic E-state index is 0.0709. The van der Waals surface area contributed by atoms with E-state index in [-0.39, 0.29) is 5.54 Å². The minimum atomic E-state index is 0.0709. The fourth-order valence-corrected chi connectivity index (χ4v) is 3.23. The molecule has 1 saturated heterocycles. The first-order valence-corrected chi connectivity index (χ1v) is 7.34. The quantitative estimate of drug-likeness (QED) is 0.837. The van der Waals surface area contributed by atoms with Crippen molar-refractivity contribution >= 4 is 21.6 Å². The smallest absolute Gasteiger partial charge is 0.0638 e. The second-order valence-electron chi connectivity index (χ2n) is 5.83. The van der Waals surface area contributed by atoms with Crippen molar-refractivity contribution in [2.75, 3.05) is 25.0 Å². The van der Waals surface area contributed by atoms with Gasteiger partial charge in [-0.15, -0.1) is 0 Å². The van der Waals surface area contributed by atoms with Gasteiger partial charge in [-0.3, -0.25) is 4.90 Å². The topological polar surface area (TPSA) is 30.3 Å². The molecule has 1 atom stereocenters. The van der Waals surface area contributed by atoms with Crippen LogP contribution >= 0.6 is 15.9 Å². The SMILES string of the molecule is CN1CC(C)(C)N(c2cccc(Br)c2)CC1CC#N. The number of benzene rings is 1. The van der Waals surface area contributed by atoms with E-state index in [1.54, 1.807) is 0 Å². The minimum Gasteiger partial charge on any atom is -0.363 e. The Morgan fingerprint density at radius 2 is 2.21 bits per heavy atom. The van der Waals surface area contributed by atoms with Gasteiger partial charge in [0.15, 0.2) is 0 Å². The summed E-state index contributed by atoms with van der Waals surface area (Å²) in [6, 6.07) is 11.0. The molecule has 1 fully saturated rings. The van der Waals surface area contributed by atoms with Crippen LogP contribution in [-0.2, 0) is 0 Å². The summed E-state index contributed by atoms with van der Waals surface area (Å²) < 4.78 is 1.09. The third-order valence-electron chi connectivity index (χ3n) is 3.83. The number of nitriles is 1. The first-order valence-electron chi connectivity index (χ1n) is 6.54. The number of piperazine rings is 1. The van der Waals surface area contributed by atoms with Gasteiger partial charge in [0.1, 0.15) is 0 Å². The van der Waals surface area contributed by atoms with E-state index in [0.717, 1.165) is 17.6 Å². The van der Waals surface area contributed by atoms with Gasteiger partial charge >= 0.3 is 0 Å². The molecule has 0 aromatic heterocycles.